The average molecular weight is 295 g/mol. The molecule has 0 radical (unpaired) electrons. The van der Waals surface area contributed by atoms with Crippen LogP contribution in [0.1, 0.15) is 18.1 Å². The van der Waals surface area contributed by atoms with Gasteiger partial charge in [-0.15, -0.1) is 0 Å². The van der Waals surface area contributed by atoms with E-state index in [1.54, 1.807) is 12.2 Å². The van der Waals surface area contributed by atoms with Gasteiger partial charge in [0.15, 0.2) is 0 Å². The predicted octanol–water partition coefficient (Wildman–Crippen LogP) is 3.46. The number of carbonyl (C=O) groups is 1. The molecule has 2 aromatic carbocycles. The molecular formula is C19H21NO2. The molecule has 0 aliphatic rings. The summed E-state index contributed by atoms with van der Waals surface area (Å²) in [6, 6.07) is 17.8. The van der Waals surface area contributed by atoms with Crippen molar-refractivity contribution in [3.8, 4) is 5.75 Å². The Morgan fingerprint density at radius 1 is 1.09 bits per heavy atom. The number of hydrogen-bond donors (Lipinski definition) is 1. The van der Waals surface area contributed by atoms with Crippen molar-refractivity contribution in [3.63, 3.8) is 0 Å². The van der Waals surface area contributed by atoms with Crippen LogP contribution in [-0.2, 0) is 11.2 Å². The fourth-order valence-corrected chi connectivity index (χ4v) is 2.05. The predicted molar refractivity (Wildman–Crippen MR) is 89.8 cm³/mol. The highest BCUT2D eigenvalue weighted by Crippen LogP contribution is 2.12. The first-order valence-corrected chi connectivity index (χ1v) is 7.50. The molecule has 114 valence electrons. The number of amides is 1. The van der Waals surface area contributed by atoms with Gasteiger partial charge in [-0.3, -0.25) is 4.79 Å². The summed E-state index contributed by atoms with van der Waals surface area (Å²) in [6.45, 7) is 3.24. The highest BCUT2D eigenvalue weighted by molar-refractivity contribution is 5.91. The van der Waals surface area contributed by atoms with Crippen molar-refractivity contribution in [1.82, 2.24) is 5.32 Å². The van der Waals surface area contributed by atoms with Crippen LogP contribution in [0.2, 0.25) is 0 Å². The summed E-state index contributed by atoms with van der Waals surface area (Å²) in [5, 5.41) is 2.88. The Bertz CT molecular complexity index is 603. The van der Waals surface area contributed by atoms with E-state index in [-0.39, 0.29) is 5.91 Å². The third kappa shape index (κ3) is 5.44. The molecule has 2 rings (SSSR count). The SMILES string of the molecule is CCOc1ccc(C=CC(=O)NCCc2ccccc2)cc1. The summed E-state index contributed by atoms with van der Waals surface area (Å²) in [5.41, 5.74) is 2.19. The van der Waals surface area contributed by atoms with E-state index in [0.29, 0.717) is 13.2 Å². The van der Waals surface area contributed by atoms with Gasteiger partial charge in [0, 0.05) is 12.6 Å². The molecule has 0 fully saturated rings. The maximum absolute atomic E-state index is 11.8. The average Bonchev–Trinajstić information content (AvgIpc) is 2.55. The highest BCUT2D eigenvalue weighted by Gasteiger charge is 1.97. The second-order valence-electron chi connectivity index (χ2n) is 4.86. The van der Waals surface area contributed by atoms with Crippen molar-refractivity contribution in [3.05, 3.63) is 71.8 Å². The van der Waals surface area contributed by atoms with Crippen molar-refractivity contribution in [2.24, 2.45) is 0 Å². The molecule has 0 atom stereocenters. The van der Waals surface area contributed by atoms with E-state index >= 15 is 0 Å². The van der Waals surface area contributed by atoms with Crippen LogP contribution < -0.4 is 10.1 Å². The number of rotatable bonds is 7. The molecule has 0 saturated carbocycles. The van der Waals surface area contributed by atoms with Gasteiger partial charge in [-0.05, 0) is 42.7 Å². The number of benzene rings is 2. The molecule has 0 aromatic heterocycles. The van der Waals surface area contributed by atoms with Crippen LogP contribution >= 0.6 is 0 Å². The van der Waals surface area contributed by atoms with E-state index in [1.165, 1.54) is 5.56 Å². The van der Waals surface area contributed by atoms with Crippen molar-refractivity contribution >= 4 is 12.0 Å². The third-order valence-electron chi connectivity index (χ3n) is 3.17. The lowest BCUT2D eigenvalue weighted by molar-refractivity contribution is -0.116. The Kier molecular flexibility index (Phi) is 6.24. The fraction of sp³-hybridized carbons (Fsp3) is 0.211. The molecule has 0 aliphatic carbocycles. The molecule has 22 heavy (non-hydrogen) atoms. The second-order valence-corrected chi connectivity index (χ2v) is 4.86. The Morgan fingerprint density at radius 3 is 2.50 bits per heavy atom. The zero-order chi connectivity index (χ0) is 15.6. The zero-order valence-corrected chi connectivity index (χ0v) is 12.8. The van der Waals surface area contributed by atoms with Crippen molar-refractivity contribution in [2.75, 3.05) is 13.2 Å². The highest BCUT2D eigenvalue weighted by atomic mass is 16.5. The Balaban J connectivity index is 1.76. The Labute approximate surface area is 131 Å². The fourth-order valence-electron chi connectivity index (χ4n) is 2.05. The lowest BCUT2D eigenvalue weighted by atomic mass is 10.1. The van der Waals surface area contributed by atoms with E-state index in [4.69, 9.17) is 4.74 Å². The van der Waals surface area contributed by atoms with Crippen LogP contribution in [0.25, 0.3) is 6.08 Å². The van der Waals surface area contributed by atoms with Crippen LogP contribution in [0.15, 0.2) is 60.7 Å². The van der Waals surface area contributed by atoms with Gasteiger partial charge in [-0.1, -0.05) is 42.5 Å². The molecule has 1 amide bonds. The van der Waals surface area contributed by atoms with Gasteiger partial charge in [-0.2, -0.15) is 0 Å². The van der Waals surface area contributed by atoms with Crippen molar-refractivity contribution in [1.29, 1.82) is 0 Å². The maximum Gasteiger partial charge on any atom is 0.244 e. The number of hydrogen-bond acceptors (Lipinski definition) is 2. The van der Waals surface area contributed by atoms with Crippen molar-refractivity contribution < 1.29 is 9.53 Å². The Hall–Kier alpha value is -2.55. The molecule has 1 N–H and O–H groups in total. The van der Waals surface area contributed by atoms with Gasteiger partial charge in [0.05, 0.1) is 6.61 Å². The van der Waals surface area contributed by atoms with E-state index < -0.39 is 0 Å². The Morgan fingerprint density at radius 2 is 1.82 bits per heavy atom. The van der Waals surface area contributed by atoms with Gasteiger partial charge >= 0.3 is 0 Å². The van der Waals surface area contributed by atoms with E-state index in [9.17, 15) is 4.79 Å². The maximum atomic E-state index is 11.8. The van der Waals surface area contributed by atoms with E-state index in [2.05, 4.69) is 17.4 Å². The van der Waals surface area contributed by atoms with Gasteiger partial charge in [-0.25, -0.2) is 0 Å². The van der Waals surface area contributed by atoms with Gasteiger partial charge in [0.1, 0.15) is 5.75 Å². The lowest BCUT2D eigenvalue weighted by Gasteiger charge is -2.03. The zero-order valence-electron chi connectivity index (χ0n) is 12.8. The summed E-state index contributed by atoms with van der Waals surface area (Å²) in [4.78, 5) is 11.8. The minimum absolute atomic E-state index is 0.0789. The van der Waals surface area contributed by atoms with Crippen LogP contribution in [0.3, 0.4) is 0 Å². The minimum Gasteiger partial charge on any atom is -0.494 e. The molecule has 3 heteroatoms. The molecule has 0 unspecified atom stereocenters. The van der Waals surface area contributed by atoms with E-state index in [0.717, 1.165) is 17.7 Å². The quantitative estimate of drug-likeness (QED) is 0.794. The summed E-state index contributed by atoms with van der Waals surface area (Å²) in [6.07, 6.45) is 4.19. The van der Waals surface area contributed by atoms with Crippen LogP contribution in [0.4, 0.5) is 0 Å². The lowest BCUT2D eigenvalue weighted by Crippen LogP contribution is -2.23. The summed E-state index contributed by atoms with van der Waals surface area (Å²) in [7, 11) is 0. The molecule has 0 bridgehead atoms. The van der Waals surface area contributed by atoms with Crippen molar-refractivity contribution in [2.45, 2.75) is 13.3 Å². The number of carbonyl (C=O) groups excluding carboxylic acids is 1. The first-order valence-electron chi connectivity index (χ1n) is 7.50. The number of ether oxygens (including phenoxy) is 1. The molecule has 0 spiro atoms. The van der Waals surface area contributed by atoms with Gasteiger partial charge in [0.2, 0.25) is 5.91 Å². The summed E-state index contributed by atoms with van der Waals surface area (Å²) < 4.78 is 5.38. The summed E-state index contributed by atoms with van der Waals surface area (Å²) >= 11 is 0. The van der Waals surface area contributed by atoms with Gasteiger partial charge in [0.25, 0.3) is 0 Å². The topological polar surface area (TPSA) is 38.3 Å². The standard InChI is InChI=1S/C19H21NO2/c1-2-22-18-11-8-17(9-12-18)10-13-19(21)20-15-14-16-6-4-3-5-7-16/h3-13H,2,14-15H2,1H3,(H,20,21). The largest absolute Gasteiger partial charge is 0.494 e. The first kappa shape index (κ1) is 15.8. The van der Waals surface area contributed by atoms with Crippen LogP contribution in [-0.4, -0.2) is 19.1 Å². The second kappa shape index (κ2) is 8.67. The molecule has 0 heterocycles. The first-order chi connectivity index (χ1) is 10.8. The molecule has 2 aromatic rings. The molecular weight excluding hydrogens is 274 g/mol. The number of nitrogens with one attached hydrogen (secondary N) is 1. The third-order valence-corrected chi connectivity index (χ3v) is 3.17. The minimum atomic E-state index is -0.0789. The van der Waals surface area contributed by atoms with Gasteiger partial charge < -0.3 is 10.1 Å². The van der Waals surface area contributed by atoms with Crippen LogP contribution in [0.5, 0.6) is 5.75 Å². The van der Waals surface area contributed by atoms with Crippen LogP contribution in [0, 0.1) is 0 Å². The molecule has 0 saturated heterocycles. The smallest absolute Gasteiger partial charge is 0.244 e. The summed E-state index contributed by atoms with van der Waals surface area (Å²) in [5.74, 6) is 0.761. The normalized spacial score (nSPS) is 10.6. The van der Waals surface area contributed by atoms with E-state index in [1.807, 2.05) is 49.4 Å². The monoisotopic (exact) mass is 295 g/mol. The molecule has 0 aliphatic heterocycles. The molecule has 3 nitrogen and oxygen atoms in total.